The third-order valence-electron chi connectivity index (χ3n) is 4.98. The van der Waals surface area contributed by atoms with Gasteiger partial charge in [-0.15, -0.1) is 0 Å². The highest BCUT2D eigenvalue weighted by Gasteiger charge is 2.26. The van der Waals surface area contributed by atoms with E-state index in [4.69, 9.17) is 16.3 Å². The van der Waals surface area contributed by atoms with Crippen molar-refractivity contribution in [2.45, 2.75) is 26.4 Å². The average Bonchev–Trinajstić information content (AvgIpc) is 2.72. The first-order valence-corrected chi connectivity index (χ1v) is 10.4. The van der Waals surface area contributed by atoms with Gasteiger partial charge in [-0.1, -0.05) is 35.9 Å². The zero-order valence-electron chi connectivity index (χ0n) is 17.4. The minimum atomic E-state index is -0.489. The van der Waals surface area contributed by atoms with Gasteiger partial charge >= 0.3 is 6.09 Å². The summed E-state index contributed by atoms with van der Waals surface area (Å²) in [5.74, 6) is 0.863. The van der Waals surface area contributed by atoms with Gasteiger partial charge in [-0.25, -0.2) is 14.8 Å². The van der Waals surface area contributed by atoms with Crippen LogP contribution in [0.5, 0.6) is 0 Å². The summed E-state index contributed by atoms with van der Waals surface area (Å²) in [6, 6.07) is 13.9. The number of nitrogens with zero attached hydrogens (tertiary/aromatic N) is 4. The summed E-state index contributed by atoms with van der Waals surface area (Å²) >= 11 is 6.27. The summed E-state index contributed by atoms with van der Waals surface area (Å²) in [5, 5.41) is 2.57. The van der Waals surface area contributed by atoms with Crippen LogP contribution in [0.25, 0.3) is 22.0 Å². The van der Waals surface area contributed by atoms with Gasteiger partial charge in [0.25, 0.3) is 0 Å². The lowest BCUT2D eigenvalue weighted by Gasteiger charge is -2.36. The largest absolute Gasteiger partial charge is 0.444 e. The number of anilines is 1. The molecule has 0 aliphatic carbocycles. The van der Waals surface area contributed by atoms with Crippen molar-refractivity contribution in [1.82, 2.24) is 14.9 Å². The molecule has 0 bridgehead atoms. The Morgan fingerprint density at radius 3 is 2.53 bits per heavy atom. The van der Waals surface area contributed by atoms with E-state index in [1.54, 1.807) is 11.1 Å². The van der Waals surface area contributed by atoms with E-state index in [1.807, 2.05) is 63.2 Å². The van der Waals surface area contributed by atoms with Gasteiger partial charge in [-0.05, 0) is 44.4 Å². The van der Waals surface area contributed by atoms with Crippen molar-refractivity contribution in [3.05, 3.63) is 53.8 Å². The van der Waals surface area contributed by atoms with E-state index in [1.165, 1.54) is 0 Å². The predicted octanol–water partition coefficient (Wildman–Crippen LogP) is 5.01. The van der Waals surface area contributed by atoms with Crippen LogP contribution in [0.2, 0.25) is 5.15 Å². The maximum Gasteiger partial charge on any atom is 0.410 e. The second-order valence-corrected chi connectivity index (χ2v) is 8.76. The molecule has 6 nitrogen and oxygen atoms in total. The average molecular weight is 425 g/mol. The summed E-state index contributed by atoms with van der Waals surface area (Å²) in [4.78, 5) is 25.4. The van der Waals surface area contributed by atoms with Crippen LogP contribution in [-0.2, 0) is 4.74 Å². The van der Waals surface area contributed by atoms with Gasteiger partial charge in [-0.2, -0.15) is 0 Å². The minimum Gasteiger partial charge on any atom is -0.444 e. The smallest absolute Gasteiger partial charge is 0.410 e. The highest BCUT2D eigenvalue weighted by molar-refractivity contribution is 6.30. The monoisotopic (exact) mass is 424 g/mol. The Bertz CT molecular complexity index is 1070. The van der Waals surface area contributed by atoms with Gasteiger partial charge in [0.2, 0.25) is 0 Å². The van der Waals surface area contributed by atoms with Crippen molar-refractivity contribution in [3.8, 4) is 11.3 Å². The lowest BCUT2D eigenvalue weighted by atomic mass is 10.0. The summed E-state index contributed by atoms with van der Waals surface area (Å²) in [6.07, 6.45) is 1.53. The van der Waals surface area contributed by atoms with Crippen molar-refractivity contribution in [3.63, 3.8) is 0 Å². The van der Waals surface area contributed by atoms with Gasteiger partial charge in [0, 0.05) is 43.3 Å². The Balaban J connectivity index is 1.54. The number of aromatic nitrogens is 2. The zero-order chi connectivity index (χ0) is 21.3. The van der Waals surface area contributed by atoms with Crippen molar-refractivity contribution in [2.24, 2.45) is 0 Å². The van der Waals surface area contributed by atoms with Crippen LogP contribution in [-0.4, -0.2) is 52.7 Å². The lowest BCUT2D eigenvalue weighted by Crippen LogP contribution is -2.50. The number of halogens is 1. The summed E-state index contributed by atoms with van der Waals surface area (Å²) in [6.45, 7) is 8.22. The molecule has 1 aliphatic rings. The number of pyridine rings is 2. The third kappa shape index (κ3) is 4.49. The minimum absolute atomic E-state index is 0.265. The molecule has 0 N–H and O–H groups in total. The number of rotatable bonds is 2. The third-order valence-corrected chi connectivity index (χ3v) is 5.18. The van der Waals surface area contributed by atoms with E-state index in [2.05, 4.69) is 14.9 Å². The zero-order valence-corrected chi connectivity index (χ0v) is 18.2. The van der Waals surface area contributed by atoms with Crippen LogP contribution in [0.4, 0.5) is 10.6 Å². The normalized spacial score (nSPS) is 14.8. The number of piperazine rings is 1. The molecular weight excluding hydrogens is 400 g/mol. The van der Waals surface area contributed by atoms with Crippen molar-refractivity contribution in [2.75, 3.05) is 31.1 Å². The topological polar surface area (TPSA) is 58.6 Å². The number of carbonyl (C=O) groups excluding carboxylic acids is 1. The molecule has 3 heterocycles. The van der Waals surface area contributed by atoms with E-state index in [0.717, 1.165) is 27.8 Å². The molecule has 2 aromatic heterocycles. The fourth-order valence-electron chi connectivity index (χ4n) is 3.57. The van der Waals surface area contributed by atoms with Gasteiger partial charge in [-0.3, -0.25) is 0 Å². The Morgan fingerprint density at radius 2 is 1.80 bits per heavy atom. The quantitative estimate of drug-likeness (QED) is 0.541. The SMILES string of the molecule is CC(C)(C)OC(=O)N1CCN(c2cc(-c3nc(Cl)cc4ccccc34)ccn2)CC1. The van der Waals surface area contributed by atoms with Crippen molar-refractivity contribution < 1.29 is 9.53 Å². The molecule has 3 aromatic rings. The number of fused-ring (bicyclic) bond motifs is 1. The molecule has 1 saturated heterocycles. The number of hydrogen-bond donors (Lipinski definition) is 0. The van der Waals surface area contributed by atoms with Crippen molar-refractivity contribution >= 4 is 34.3 Å². The van der Waals surface area contributed by atoms with Crippen LogP contribution in [0.15, 0.2) is 48.7 Å². The summed E-state index contributed by atoms with van der Waals surface area (Å²) < 4.78 is 5.48. The van der Waals surface area contributed by atoms with E-state index in [-0.39, 0.29) is 6.09 Å². The summed E-state index contributed by atoms with van der Waals surface area (Å²) in [5.41, 5.74) is 1.32. The molecule has 0 atom stereocenters. The van der Waals surface area contributed by atoms with Crippen LogP contribution in [0.1, 0.15) is 20.8 Å². The lowest BCUT2D eigenvalue weighted by molar-refractivity contribution is 0.0240. The molecule has 0 saturated carbocycles. The molecule has 0 unspecified atom stereocenters. The van der Waals surface area contributed by atoms with Gasteiger partial charge < -0.3 is 14.5 Å². The molecule has 1 aromatic carbocycles. The molecule has 156 valence electrons. The maximum absolute atomic E-state index is 12.3. The first-order chi connectivity index (χ1) is 14.3. The highest BCUT2D eigenvalue weighted by Crippen LogP contribution is 2.30. The van der Waals surface area contributed by atoms with Crippen LogP contribution < -0.4 is 4.90 Å². The van der Waals surface area contributed by atoms with Crippen LogP contribution >= 0.6 is 11.6 Å². The number of carbonyl (C=O) groups is 1. The first-order valence-electron chi connectivity index (χ1n) is 10.0. The van der Waals surface area contributed by atoms with E-state index in [0.29, 0.717) is 31.3 Å². The molecule has 4 rings (SSSR count). The van der Waals surface area contributed by atoms with Gasteiger partial charge in [0.1, 0.15) is 16.6 Å². The van der Waals surface area contributed by atoms with E-state index < -0.39 is 5.60 Å². The fourth-order valence-corrected chi connectivity index (χ4v) is 3.77. The molecule has 0 radical (unpaired) electrons. The predicted molar refractivity (Wildman–Crippen MR) is 120 cm³/mol. The molecule has 1 fully saturated rings. The highest BCUT2D eigenvalue weighted by atomic mass is 35.5. The number of ether oxygens (including phenoxy) is 1. The molecular formula is C23H25ClN4O2. The van der Waals surface area contributed by atoms with Gasteiger partial charge in [0.05, 0.1) is 5.69 Å². The molecule has 30 heavy (non-hydrogen) atoms. The van der Waals surface area contributed by atoms with E-state index >= 15 is 0 Å². The van der Waals surface area contributed by atoms with Crippen LogP contribution in [0, 0.1) is 0 Å². The maximum atomic E-state index is 12.3. The molecule has 1 amide bonds. The molecule has 1 aliphatic heterocycles. The Labute approximate surface area is 181 Å². The second kappa shape index (κ2) is 8.11. The number of amides is 1. The van der Waals surface area contributed by atoms with Crippen molar-refractivity contribution in [1.29, 1.82) is 0 Å². The number of benzene rings is 1. The van der Waals surface area contributed by atoms with E-state index in [9.17, 15) is 4.79 Å². The first kappa shape index (κ1) is 20.4. The fraction of sp³-hybridized carbons (Fsp3) is 0.348. The number of hydrogen-bond acceptors (Lipinski definition) is 5. The molecule has 0 spiro atoms. The second-order valence-electron chi connectivity index (χ2n) is 8.37. The molecule has 7 heteroatoms. The Morgan fingerprint density at radius 1 is 1.07 bits per heavy atom. The Kier molecular flexibility index (Phi) is 5.52. The summed E-state index contributed by atoms with van der Waals surface area (Å²) in [7, 11) is 0. The van der Waals surface area contributed by atoms with Crippen LogP contribution in [0.3, 0.4) is 0 Å². The van der Waals surface area contributed by atoms with Gasteiger partial charge in [0.15, 0.2) is 0 Å². The standard InChI is InChI=1S/C23H25ClN4O2/c1-23(2,3)30-22(29)28-12-10-27(11-13-28)20-15-17(8-9-25-20)21-18-7-5-4-6-16(18)14-19(24)26-21/h4-9,14-15H,10-13H2,1-3H3. The Hall–Kier alpha value is -2.86.